The Morgan fingerprint density at radius 1 is 1.25 bits per heavy atom. The molecule has 1 atom stereocenters. The van der Waals surface area contributed by atoms with Crippen LogP contribution in [0.3, 0.4) is 0 Å². The zero-order valence-electron chi connectivity index (χ0n) is 18.8. The predicted octanol–water partition coefficient (Wildman–Crippen LogP) is 1.76. The highest BCUT2D eigenvalue weighted by Gasteiger charge is 2.32. The molecule has 0 aliphatic rings. The van der Waals surface area contributed by atoms with Crippen LogP contribution in [0.5, 0.6) is 0 Å². The van der Waals surface area contributed by atoms with Crippen LogP contribution in [-0.4, -0.2) is 57.1 Å². The molecular formula is C23H30N6O3. The highest BCUT2D eigenvalue weighted by atomic mass is 16.5. The molecule has 2 N–H and O–H groups in total. The molecule has 0 aliphatic carbocycles. The van der Waals surface area contributed by atoms with Crippen LogP contribution in [0, 0.1) is 5.92 Å². The maximum absolute atomic E-state index is 13.5. The molecule has 0 saturated carbocycles. The Kier molecular flexibility index (Phi) is 8.02. The van der Waals surface area contributed by atoms with E-state index in [4.69, 9.17) is 15.5 Å². The van der Waals surface area contributed by atoms with Crippen LogP contribution in [-0.2, 0) is 16.1 Å². The van der Waals surface area contributed by atoms with Gasteiger partial charge in [0.1, 0.15) is 24.1 Å². The first-order valence-electron chi connectivity index (χ1n) is 10.7. The summed E-state index contributed by atoms with van der Waals surface area (Å²) in [5.74, 6) is 0.284. The summed E-state index contributed by atoms with van der Waals surface area (Å²) in [6, 6.07) is 9.22. The maximum atomic E-state index is 13.5. The second-order valence-electron chi connectivity index (χ2n) is 7.96. The van der Waals surface area contributed by atoms with E-state index in [9.17, 15) is 9.59 Å². The average molecular weight is 439 g/mol. The fraction of sp³-hybridized carbons (Fsp3) is 0.435. The minimum atomic E-state index is -0.458. The number of hydrogen-bond acceptors (Lipinski definition) is 7. The molecule has 170 valence electrons. The molecule has 0 bridgehead atoms. The van der Waals surface area contributed by atoms with Crippen molar-refractivity contribution >= 4 is 16.9 Å². The van der Waals surface area contributed by atoms with Crippen molar-refractivity contribution in [2.75, 3.05) is 26.8 Å². The number of hydrogen-bond donors (Lipinski definition) is 1. The van der Waals surface area contributed by atoms with Crippen molar-refractivity contribution < 1.29 is 9.53 Å². The van der Waals surface area contributed by atoms with Crippen LogP contribution >= 0.6 is 0 Å². The minimum Gasteiger partial charge on any atom is -0.375 e. The predicted molar refractivity (Wildman–Crippen MR) is 122 cm³/mol. The first-order valence-corrected chi connectivity index (χ1v) is 10.7. The lowest BCUT2D eigenvalue weighted by atomic mass is 10.00. The van der Waals surface area contributed by atoms with Gasteiger partial charge in [0.25, 0.3) is 5.56 Å². The fourth-order valence-corrected chi connectivity index (χ4v) is 3.81. The third-order valence-electron chi connectivity index (χ3n) is 5.27. The van der Waals surface area contributed by atoms with E-state index in [0.29, 0.717) is 42.9 Å². The Hall–Kier alpha value is -3.17. The van der Waals surface area contributed by atoms with Gasteiger partial charge in [0.2, 0.25) is 5.91 Å². The molecule has 0 radical (unpaired) electrons. The molecular weight excluding hydrogens is 408 g/mol. The lowest BCUT2D eigenvalue weighted by Crippen LogP contribution is -2.43. The largest absolute Gasteiger partial charge is 0.375 e. The summed E-state index contributed by atoms with van der Waals surface area (Å²) in [4.78, 5) is 41.2. The summed E-state index contributed by atoms with van der Waals surface area (Å²) in [6.45, 7) is 5.14. The van der Waals surface area contributed by atoms with Crippen molar-refractivity contribution in [1.82, 2.24) is 24.4 Å². The van der Waals surface area contributed by atoms with E-state index in [0.717, 1.165) is 5.56 Å². The number of fused-ring (bicyclic) bond motifs is 1. The van der Waals surface area contributed by atoms with Crippen LogP contribution in [0.15, 0.2) is 47.7 Å². The van der Waals surface area contributed by atoms with Gasteiger partial charge in [-0.15, -0.1) is 0 Å². The molecule has 0 spiro atoms. The number of nitrogens with two attached hydrogens (primary N) is 1. The standard InChI is InChI=1S/C23H30N6O3/c1-16(2)20(28(11-7-10-24)19(30)14-32-3)22-27-21-18(12-25-15-26-21)23(31)29(22)13-17-8-5-4-6-9-17/h4-6,8-9,12,15-16,20H,7,10-11,13-14,24H2,1-3H3. The van der Waals surface area contributed by atoms with Gasteiger partial charge in [0, 0.05) is 19.9 Å². The zero-order valence-corrected chi connectivity index (χ0v) is 18.8. The van der Waals surface area contributed by atoms with Gasteiger partial charge in [0.15, 0.2) is 5.65 Å². The van der Waals surface area contributed by atoms with Crippen LogP contribution < -0.4 is 11.3 Å². The molecule has 0 saturated heterocycles. The third kappa shape index (κ3) is 5.17. The summed E-state index contributed by atoms with van der Waals surface area (Å²) in [6.07, 6.45) is 3.47. The SMILES string of the molecule is COCC(=O)N(CCCN)C(c1nc2ncncc2c(=O)n1Cc1ccccc1)C(C)C. The van der Waals surface area contributed by atoms with Crippen molar-refractivity contribution in [2.45, 2.75) is 32.9 Å². The number of amides is 1. The molecule has 2 aromatic heterocycles. The quantitative estimate of drug-likeness (QED) is 0.513. The van der Waals surface area contributed by atoms with E-state index in [1.54, 1.807) is 9.47 Å². The second kappa shape index (κ2) is 10.9. The van der Waals surface area contributed by atoms with Crippen molar-refractivity contribution in [3.05, 3.63) is 64.6 Å². The molecule has 9 heteroatoms. The third-order valence-corrected chi connectivity index (χ3v) is 5.27. The minimum absolute atomic E-state index is 0.0261. The molecule has 0 aliphatic heterocycles. The van der Waals surface area contributed by atoms with Gasteiger partial charge in [0.05, 0.1) is 12.6 Å². The summed E-state index contributed by atoms with van der Waals surface area (Å²) >= 11 is 0. The Labute approximate surface area is 187 Å². The number of carbonyl (C=O) groups excluding carboxylic acids is 1. The highest BCUT2D eigenvalue weighted by Crippen LogP contribution is 2.28. The van der Waals surface area contributed by atoms with Crippen LogP contribution in [0.4, 0.5) is 0 Å². The fourth-order valence-electron chi connectivity index (χ4n) is 3.81. The highest BCUT2D eigenvalue weighted by molar-refractivity contribution is 5.78. The molecule has 1 amide bonds. The molecule has 9 nitrogen and oxygen atoms in total. The smallest absolute Gasteiger partial charge is 0.264 e. The van der Waals surface area contributed by atoms with Crippen LogP contribution in [0.25, 0.3) is 11.0 Å². The molecule has 3 aromatic rings. The lowest BCUT2D eigenvalue weighted by Gasteiger charge is -2.35. The number of aromatic nitrogens is 4. The lowest BCUT2D eigenvalue weighted by molar-refractivity contribution is -0.139. The summed E-state index contributed by atoms with van der Waals surface area (Å²) in [7, 11) is 1.49. The number of ether oxygens (including phenoxy) is 1. The van der Waals surface area contributed by atoms with Crippen LogP contribution in [0.2, 0.25) is 0 Å². The first-order chi connectivity index (χ1) is 15.5. The first kappa shape index (κ1) is 23.5. The Morgan fingerprint density at radius 2 is 2.00 bits per heavy atom. The molecule has 1 aromatic carbocycles. The van der Waals surface area contributed by atoms with E-state index in [-0.39, 0.29) is 24.0 Å². The number of benzene rings is 1. The molecule has 2 heterocycles. The normalized spacial score (nSPS) is 12.3. The topological polar surface area (TPSA) is 116 Å². The van der Waals surface area contributed by atoms with Gasteiger partial charge >= 0.3 is 0 Å². The summed E-state index contributed by atoms with van der Waals surface area (Å²) in [5.41, 5.74) is 6.77. The molecule has 3 rings (SSSR count). The summed E-state index contributed by atoms with van der Waals surface area (Å²) in [5, 5.41) is 0.339. The number of rotatable bonds is 10. The van der Waals surface area contributed by atoms with E-state index in [1.165, 1.54) is 19.6 Å². The van der Waals surface area contributed by atoms with E-state index in [2.05, 4.69) is 9.97 Å². The number of carbonyl (C=O) groups is 1. The maximum Gasteiger partial charge on any atom is 0.264 e. The van der Waals surface area contributed by atoms with Crippen LogP contribution in [0.1, 0.15) is 37.7 Å². The number of methoxy groups -OCH3 is 1. The van der Waals surface area contributed by atoms with E-state index < -0.39 is 6.04 Å². The second-order valence-corrected chi connectivity index (χ2v) is 7.96. The molecule has 1 unspecified atom stereocenters. The van der Waals surface area contributed by atoms with Gasteiger partial charge in [-0.25, -0.2) is 15.0 Å². The van der Waals surface area contributed by atoms with Crippen molar-refractivity contribution in [1.29, 1.82) is 0 Å². The Balaban J connectivity index is 2.22. The molecule has 32 heavy (non-hydrogen) atoms. The monoisotopic (exact) mass is 438 g/mol. The van der Waals surface area contributed by atoms with Crippen molar-refractivity contribution in [3.8, 4) is 0 Å². The van der Waals surface area contributed by atoms with E-state index >= 15 is 0 Å². The Bertz CT molecular complexity index is 1100. The van der Waals surface area contributed by atoms with Gasteiger partial charge in [-0.2, -0.15) is 0 Å². The van der Waals surface area contributed by atoms with Gasteiger partial charge in [-0.1, -0.05) is 44.2 Å². The number of nitrogens with zero attached hydrogens (tertiary/aromatic N) is 5. The molecule has 0 fully saturated rings. The van der Waals surface area contributed by atoms with Crippen molar-refractivity contribution in [3.63, 3.8) is 0 Å². The van der Waals surface area contributed by atoms with Gasteiger partial charge in [-0.3, -0.25) is 14.2 Å². The van der Waals surface area contributed by atoms with Crippen molar-refractivity contribution in [2.24, 2.45) is 11.7 Å². The zero-order chi connectivity index (χ0) is 23.1. The summed E-state index contributed by atoms with van der Waals surface area (Å²) < 4.78 is 6.74. The Morgan fingerprint density at radius 3 is 2.66 bits per heavy atom. The average Bonchev–Trinajstić information content (AvgIpc) is 2.79. The van der Waals surface area contributed by atoms with E-state index in [1.807, 2.05) is 44.2 Å². The van der Waals surface area contributed by atoms with Gasteiger partial charge < -0.3 is 15.4 Å². The van der Waals surface area contributed by atoms with Gasteiger partial charge in [-0.05, 0) is 24.4 Å².